The monoisotopic (exact) mass is 287 g/mol. The zero-order valence-corrected chi connectivity index (χ0v) is 12.3. The Labute approximate surface area is 124 Å². The highest BCUT2D eigenvalue weighted by molar-refractivity contribution is 6.33. The van der Waals surface area contributed by atoms with Crippen molar-refractivity contribution in [3.8, 4) is 0 Å². The molecule has 0 unspecified atom stereocenters. The molecule has 1 saturated heterocycles. The summed E-state index contributed by atoms with van der Waals surface area (Å²) < 4.78 is 0. The zero-order valence-electron chi connectivity index (χ0n) is 11.6. The molecule has 3 nitrogen and oxygen atoms in total. The average Bonchev–Trinajstić information content (AvgIpc) is 2.48. The third-order valence-corrected chi connectivity index (χ3v) is 4.03. The maximum Gasteiger partial charge on any atom is 0.0822 e. The smallest absolute Gasteiger partial charge is 0.0822 e. The van der Waals surface area contributed by atoms with Crippen LogP contribution >= 0.6 is 11.6 Å². The number of benzene rings is 1. The van der Waals surface area contributed by atoms with Crippen molar-refractivity contribution >= 4 is 23.0 Å². The van der Waals surface area contributed by atoms with E-state index in [1.807, 2.05) is 6.07 Å². The van der Waals surface area contributed by atoms with E-state index >= 15 is 0 Å². The first-order valence-electron chi connectivity index (χ1n) is 6.90. The molecule has 0 aliphatic carbocycles. The largest absolute Gasteiger partial charge is 0.368 e. The standard InChI is InChI=1S/C16H18ClN3/c1-13-3-2-4-14(11-13)19-7-9-20(10-8-19)16-5-6-18-12-15(16)17/h2-6,11-12H,7-10H2,1H3. The summed E-state index contributed by atoms with van der Waals surface area (Å²) in [7, 11) is 0. The van der Waals surface area contributed by atoms with Gasteiger partial charge in [0, 0.05) is 44.3 Å². The first kappa shape index (κ1) is 13.3. The molecule has 0 amide bonds. The number of rotatable bonds is 2. The van der Waals surface area contributed by atoms with Crippen molar-refractivity contribution in [3.63, 3.8) is 0 Å². The molecule has 0 spiro atoms. The Bertz CT molecular complexity index is 592. The summed E-state index contributed by atoms with van der Waals surface area (Å²) in [5.41, 5.74) is 3.71. The van der Waals surface area contributed by atoms with Crippen LogP contribution in [0.4, 0.5) is 11.4 Å². The van der Waals surface area contributed by atoms with Gasteiger partial charge in [0.05, 0.1) is 10.7 Å². The lowest BCUT2D eigenvalue weighted by molar-refractivity contribution is 0.653. The Kier molecular flexibility index (Phi) is 3.79. The first-order chi connectivity index (χ1) is 9.74. The second-order valence-corrected chi connectivity index (χ2v) is 5.55. The molecule has 2 heterocycles. The van der Waals surface area contributed by atoms with Gasteiger partial charge in [0.2, 0.25) is 0 Å². The maximum atomic E-state index is 6.21. The zero-order chi connectivity index (χ0) is 13.9. The van der Waals surface area contributed by atoms with Gasteiger partial charge in [-0.1, -0.05) is 23.7 Å². The molecule has 4 heteroatoms. The molecule has 0 atom stereocenters. The fraction of sp³-hybridized carbons (Fsp3) is 0.312. The fourth-order valence-corrected chi connectivity index (χ4v) is 2.89. The van der Waals surface area contributed by atoms with Gasteiger partial charge >= 0.3 is 0 Å². The van der Waals surface area contributed by atoms with Gasteiger partial charge in [0.25, 0.3) is 0 Å². The number of aryl methyl sites for hydroxylation is 1. The molecular weight excluding hydrogens is 270 g/mol. The maximum absolute atomic E-state index is 6.21. The lowest BCUT2D eigenvalue weighted by Crippen LogP contribution is -2.46. The molecule has 0 bridgehead atoms. The number of nitrogens with zero attached hydrogens (tertiary/aromatic N) is 3. The van der Waals surface area contributed by atoms with Gasteiger partial charge in [0.1, 0.15) is 0 Å². The lowest BCUT2D eigenvalue weighted by atomic mass is 10.2. The van der Waals surface area contributed by atoms with Gasteiger partial charge in [-0.3, -0.25) is 4.98 Å². The van der Waals surface area contributed by atoms with Gasteiger partial charge in [-0.05, 0) is 30.7 Å². The number of piperazine rings is 1. The summed E-state index contributed by atoms with van der Waals surface area (Å²) in [5, 5.41) is 0.733. The molecule has 1 aromatic heterocycles. The number of anilines is 2. The molecule has 1 aromatic carbocycles. The summed E-state index contributed by atoms with van der Waals surface area (Å²) in [5.74, 6) is 0. The van der Waals surface area contributed by atoms with E-state index in [9.17, 15) is 0 Å². The minimum absolute atomic E-state index is 0.733. The molecule has 1 aliphatic heterocycles. The predicted molar refractivity (Wildman–Crippen MR) is 84.9 cm³/mol. The van der Waals surface area contributed by atoms with E-state index in [0.717, 1.165) is 36.9 Å². The average molecular weight is 288 g/mol. The number of hydrogen-bond donors (Lipinski definition) is 0. The van der Waals surface area contributed by atoms with Crippen LogP contribution < -0.4 is 9.80 Å². The van der Waals surface area contributed by atoms with Crippen molar-refractivity contribution < 1.29 is 0 Å². The molecule has 104 valence electrons. The highest BCUT2D eigenvalue weighted by Crippen LogP contribution is 2.26. The Hall–Kier alpha value is -1.74. The van der Waals surface area contributed by atoms with Crippen LogP contribution in [0.25, 0.3) is 0 Å². The summed E-state index contributed by atoms with van der Waals surface area (Å²) >= 11 is 6.21. The van der Waals surface area contributed by atoms with Gasteiger partial charge in [-0.25, -0.2) is 0 Å². The van der Waals surface area contributed by atoms with Crippen LogP contribution in [-0.4, -0.2) is 31.2 Å². The molecule has 1 fully saturated rings. The SMILES string of the molecule is Cc1cccc(N2CCN(c3ccncc3Cl)CC2)c1. The highest BCUT2D eigenvalue weighted by atomic mass is 35.5. The van der Waals surface area contributed by atoms with Gasteiger partial charge in [-0.2, -0.15) is 0 Å². The van der Waals surface area contributed by atoms with E-state index in [1.165, 1.54) is 11.3 Å². The Morgan fingerprint density at radius 2 is 1.80 bits per heavy atom. The van der Waals surface area contributed by atoms with Crippen LogP contribution in [-0.2, 0) is 0 Å². The van der Waals surface area contributed by atoms with Crippen LogP contribution in [0.2, 0.25) is 5.02 Å². The minimum atomic E-state index is 0.733. The first-order valence-corrected chi connectivity index (χ1v) is 7.28. The Morgan fingerprint density at radius 1 is 1.05 bits per heavy atom. The molecule has 20 heavy (non-hydrogen) atoms. The second-order valence-electron chi connectivity index (χ2n) is 5.14. The number of hydrogen-bond acceptors (Lipinski definition) is 3. The quantitative estimate of drug-likeness (QED) is 0.844. The minimum Gasteiger partial charge on any atom is -0.368 e. The van der Waals surface area contributed by atoms with E-state index in [2.05, 4.69) is 46.0 Å². The van der Waals surface area contributed by atoms with Gasteiger partial charge < -0.3 is 9.80 Å². The Balaban J connectivity index is 1.70. The molecule has 0 N–H and O–H groups in total. The van der Waals surface area contributed by atoms with Crippen LogP contribution in [0.3, 0.4) is 0 Å². The summed E-state index contributed by atoms with van der Waals surface area (Å²) in [6.45, 7) is 6.13. The van der Waals surface area contributed by atoms with E-state index in [1.54, 1.807) is 12.4 Å². The number of aromatic nitrogens is 1. The summed E-state index contributed by atoms with van der Waals surface area (Å²) in [6, 6.07) is 10.7. The fourth-order valence-electron chi connectivity index (χ4n) is 2.65. The van der Waals surface area contributed by atoms with E-state index < -0.39 is 0 Å². The highest BCUT2D eigenvalue weighted by Gasteiger charge is 2.19. The molecule has 0 radical (unpaired) electrons. The van der Waals surface area contributed by atoms with Crippen molar-refractivity contribution in [2.24, 2.45) is 0 Å². The van der Waals surface area contributed by atoms with Crippen molar-refractivity contribution in [2.45, 2.75) is 6.92 Å². The second kappa shape index (κ2) is 5.71. The molecule has 2 aromatic rings. The lowest BCUT2D eigenvalue weighted by Gasteiger charge is -2.37. The van der Waals surface area contributed by atoms with E-state index in [4.69, 9.17) is 11.6 Å². The third-order valence-electron chi connectivity index (χ3n) is 3.74. The third kappa shape index (κ3) is 2.73. The van der Waals surface area contributed by atoms with Crippen molar-refractivity contribution in [3.05, 3.63) is 53.3 Å². The van der Waals surface area contributed by atoms with Crippen molar-refractivity contribution in [1.29, 1.82) is 0 Å². The van der Waals surface area contributed by atoms with Crippen LogP contribution in [0.5, 0.6) is 0 Å². The number of pyridine rings is 1. The van der Waals surface area contributed by atoms with Crippen LogP contribution in [0, 0.1) is 6.92 Å². The Morgan fingerprint density at radius 3 is 2.50 bits per heavy atom. The van der Waals surface area contributed by atoms with Crippen LogP contribution in [0.1, 0.15) is 5.56 Å². The van der Waals surface area contributed by atoms with Gasteiger partial charge in [0.15, 0.2) is 0 Å². The summed E-state index contributed by atoms with van der Waals surface area (Å²) in [6.07, 6.45) is 3.51. The summed E-state index contributed by atoms with van der Waals surface area (Å²) in [4.78, 5) is 8.80. The van der Waals surface area contributed by atoms with E-state index in [-0.39, 0.29) is 0 Å². The van der Waals surface area contributed by atoms with Gasteiger partial charge in [-0.15, -0.1) is 0 Å². The number of halogens is 1. The topological polar surface area (TPSA) is 19.4 Å². The molecule has 1 aliphatic rings. The normalized spacial score (nSPS) is 15.5. The van der Waals surface area contributed by atoms with Crippen molar-refractivity contribution in [1.82, 2.24) is 4.98 Å². The molecular formula is C16H18ClN3. The van der Waals surface area contributed by atoms with E-state index in [0.29, 0.717) is 0 Å². The van der Waals surface area contributed by atoms with Crippen molar-refractivity contribution in [2.75, 3.05) is 36.0 Å². The molecule has 0 saturated carbocycles. The predicted octanol–water partition coefficient (Wildman–Crippen LogP) is 3.37. The van der Waals surface area contributed by atoms with Crippen LogP contribution in [0.15, 0.2) is 42.7 Å². The molecule has 3 rings (SSSR count).